The second kappa shape index (κ2) is 6.22. The first-order valence-corrected chi connectivity index (χ1v) is 5.29. The van der Waals surface area contributed by atoms with Crippen molar-refractivity contribution >= 4 is 11.7 Å². The van der Waals surface area contributed by atoms with Gasteiger partial charge in [0.25, 0.3) is 0 Å². The number of ether oxygens (including phenoxy) is 1. The molecule has 2 atom stereocenters. The van der Waals surface area contributed by atoms with E-state index in [0.717, 1.165) is 5.69 Å². The van der Waals surface area contributed by atoms with E-state index >= 15 is 0 Å². The fourth-order valence-corrected chi connectivity index (χ4v) is 1.43. The molecule has 0 amide bonds. The van der Waals surface area contributed by atoms with E-state index in [2.05, 4.69) is 10.1 Å². The molecule has 17 heavy (non-hydrogen) atoms. The van der Waals surface area contributed by atoms with E-state index in [-0.39, 0.29) is 6.42 Å². The third-order valence-electron chi connectivity index (χ3n) is 2.51. The van der Waals surface area contributed by atoms with Crippen molar-refractivity contribution in [2.75, 3.05) is 19.5 Å². The van der Waals surface area contributed by atoms with Crippen molar-refractivity contribution in [2.45, 2.75) is 18.6 Å². The molecule has 0 aliphatic carbocycles. The van der Waals surface area contributed by atoms with Crippen molar-refractivity contribution in [3.63, 3.8) is 0 Å². The lowest BCUT2D eigenvalue weighted by atomic mass is 10.0. The molecule has 0 aliphatic heterocycles. The van der Waals surface area contributed by atoms with Gasteiger partial charge in [0, 0.05) is 12.7 Å². The lowest BCUT2D eigenvalue weighted by molar-refractivity contribution is -0.144. The van der Waals surface area contributed by atoms with Gasteiger partial charge in [-0.25, -0.2) is 0 Å². The van der Waals surface area contributed by atoms with Crippen molar-refractivity contribution in [1.82, 2.24) is 0 Å². The van der Waals surface area contributed by atoms with Crippen LogP contribution in [0, 0.1) is 0 Å². The molecule has 1 rings (SSSR count). The van der Waals surface area contributed by atoms with Crippen molar-refractivity contribution in [2.24, 2.45) is 0 Å². The minimum atomic E-state index is -1.16. The summed E-state index contributed by atoms with van der Waals surface area (Å²) in [6.45, 7) is 0. The van der Waals surface area contributed by atoms with Crippen LogP contribution in [0.5, 0.6) is 0 Å². The molecule has 0 fully saturated rings. The minimum Gasteiger partial charge on any atom is -0.469 e. The molecule has 1 aromatic rings. The zero-order valence-corrected chi connectivity index (χ0v) is 9.88. The zero-order valence-electron chi connectivity index (χ0n) is 9.88. The van der Waals surface area contributed by atoms with Gasteiger partial charge in [0.05, 0.1) is 19.6 Å². The van der Waals surface area contributed by atoms with E-state index in [4.69, 9.17) is 0 Å². The van der Waals surface area contributed by atoms with E-state index in [0.29, 0.717) is 5.56 Å². The predicted octanol–water partition coefficient (Wildman–Crippen LogP) is 0.686. The van der Waals surface area contributed by atoms with E-state index in [1.54, 1.807) is 31.3 Å². The number of aliphatic hydroxyl groups excluding tert-OH is 2. The molecule has 0 saturated heterocycles. The van der Waals surface area contributed by atoms with Crippen molar-refractivity contribution in [3.05, 3.63) is 29.8 Å². The van der Waals surface area contributed by atoms with Gasteiger partial charge < -0.3 is 20.3 Å². The van der Waals surface area contributed by atoms with Gasteiger partial charge in [0.1, 0.15) is 6.10 Å². The fraction of sp³-hybridized carbons (Fsp3) is 0.417. The van der Waals surface area contributed by atoms with Crippen LogP contribution in [0.2, 0.25) is 0 Å². The number of benzene rings is 1. The van der Waals surface area contributed by atoms with Crippen LogP contribution in [-0.4, -0.2) is 36.4 Å². The topological polar surface area (TPSA) is 78.8 Å². The Balaban J connectivity index is 2.67. The lowest BCUT2D eigenvalue weighted by Gasteiger charge is -2.17. The zero-order chi connectivity index (χ0) is 12.8. The monoisotopic (exact) mass is 239 g/mol. The van der Waals surface area contributed by atoms with Crippen molar-refractivity contribution in [1.29, 1.82) is 0 Å². The second-order valence-corrected chi connectivity index (χ2v) is 3.66. The number of carbonyl (C=O) groups excluding carboxylic acids is 1. The Labute approximate surface area is 100 Å². The summed E-state index contributed by atoms with van der Waals surface area (Å²) in [7, 11) is 3.03. The molecule has 1 aromatic carbocycles. The fourth-order valence-electron chi connectivity index (χ4n) is 1.43. The molecular weight excluding hydrogens is 222 g/mol. The van der Waals surface area contributed by atoms with Crippen molar-refractivity contribution in [3.8, 4) is 0 Å². The van der Waals surface area contributed by atoms with Gasteiger partial charge in [-0.15, -0.1) is 0 Å². The number of esters is 1. The molecule has 94 valence electrons. The molecule has 0 spiro atoms. The van der Waals surface area contributed by atoms with E-state index in [1.165, 1.54) is 7.11 Å². The quantitative estimate of drug-likeness (QED) is 0.659. The Morgan fingerprint density at radius 1 is 1.35 bits per heavy atom. The molecular formula is C12H17NO4. The lowest BCUT2D eigenvalue weighted by Crippen LogP contribution is -2.22. The summed E-state index contributed by atoms with van der Waals surface area (Å²) in [6.07, 6.45) is -2.49. The molecule has 0 aliphatic rings. The van der Waals surface area contributed by atoms with Crippen LogP contribution in [0.25, 0.3) is 0 Å². The summed E-state index contributed by atoms with van der Waals surface area (Å²) in [5.74, 6) is -0.552. The van der Waals surface area contributed by atoms with Gasteiger partial charge in [-0.1, -0.05) is 12.1 Å². The van der Waals surface area contributed by atoms with Crippen LogP contribution < -0.4 is 5.32 Å². The summed E-state index contributed by atoms with van der Waals surface area (Å²) in [6, 6.07) is 6.95. The molecule has 0 saturated carbocycles. The SMILES string of the molecule is CNc1ccc(C(O)C(O)CC(=O)OC)cc1. The van der Waals surface area contributed by atoms with Gasteiger partial charge in [-0.05, 0) is 17.7 Å². The Kier molecular flexibility index (Phi) is 4.93. The molecule has 2 unspecified atom stereocenters. The van der Waals surface area contributed by atoms with Crippen LogP contribution in [0.15, 0.2) is 24.3 Å². The highest BCUT2D eigenvalue weighted by atomic mass is 16.5. The normalized spacial score (nSPS) is 13.9. The Bertz CT molecular complexity index is 363. The molecule has 0 aromatic heterocycles. The number of aliphatic hydroxyl groups is 2. The Morgan fingerprint density at radius 3 is 2.41 bits per heavy atom. The standard InChI is InChI=1S/C12H17NO4/c1-13-9-5-3-8(4-6-9)12(16)10(14)7-11(15)17-2/h3-6,10,12-14,16H,7H2,1-2H3. The first kappa shape index (κ1) is 13.5. The maximum absolute atomic E-state index is 11.0. The first-order valence-electron chi connectivity index (χ1n) is 5.29. The van der Waals surface area contributed by atoms with Gasteiger partial charge in [0.15, 0.2) is 0 Å². The minimum absolute atomic E-state index is 0.231. The van der Waals surface area contributed by atoms with Crippen LogP contribution >= 0.6 is 0 Å². The van der Waals surface area contributed by atoms with Gasteiger partial charge >= 0.3 is 5.97 Å². The van der Waals surface area contributed by atoms with Crippen LogP contribution in [0.3, 0.4) is 0 Å². The van der Waals surface area contributed by atoms with E-state index < -0.39 is 18.2 Å². The molecule has 3 N–H and O–H groups in total. The van der Waals surface area contributed by atoms with Crippen LogP contribution in [0.1, 0.15) is 18.1 Å². The average Bonchev–Trinajstić information content (AvgIpc) is 2.37. The average molecular weight is 239 g/mol. The number of hydrogen-bond acceptors (Lipinski definition) is 5. The Hall–Kier alpha value is -1.59. The molecule has 5 nitrogen and oxygen atoms in total. The number of anilines is 1. The van der Waals surface area contributed by atoms with Crippen LogP contribution in [-0.2, 0) is 9.53 Å². The molecule has 0 radical (unpaired) electrons. The number of nitrogens with one attached hydrogen (secondary N) is 1. The smallest absolute Gasteiger partial charge is 0.308 e. The van der Waals surface area contributed by atoms with Crippen molar-refractivity contribution < 1.29 is 19.7 Å². The summed E-state index contributed by atoms with van der Waals surface area (Å²) in [5, 5.41) is 22.4. The summed E-state index contributed by atoms with van der Waals surface area (Å²) < 4.78 is 4.42. The van der Waals surface area contributed by atoms with E-state index in [1.807, 2.05) is 0 Å². The van der Waals surface area contributed by atoms with Gasteiger partial charge in [-0.2, -0.15) is 0 Å². The highest BCUT2D eigenvalue weighted by molar-refractivity contribution is 5.69. The number of rotatable bonds is 5. The first-order chi connectivity index (χ1) is 8.08. The number of hydrogen-bond donors (Lipinski definition) is 3. The van der Waals surface area contributed by atoms with Gasteiger partial charge in [0.2, 0.25) is 0 Å². The van der Waals surface area contributed by atoms with E-state index in [9.17, 15) is 15.0 Å². The van der Waals surface area contributed by atoms with Gasteiger partial charge in [-0.3, -0.25) is 4.79 Å². The number of methoxy groups -OCH3 is 1. The summed E-state index contributed by atoms with van der Waals surface area (Å²) in [4.78, 5) is 11.0. The highest BCUT2D eigenvalue weighted by Crippen LogP contribution is 2.20. The molecule has 5 heteroatoms. The molecule has 0 bridgehead atoms. The summed E-state index contributed by atoms with van der Waals surface area (Å²) >= 11 is 0. The Morgan fingerprint density at radius 2 is 1.94 bits per heavy atom. The maximum atomic E-state index is 11.0. The third kappa shape index (κ3) is 3.72. The highest BCUT2D eigenvalue weighted by Gasteiger charge is 2.21. The maximum Gasteiger partial charge on any atom is 0.308 e. The summed E-state index contributed by atoms with van der Waals surface area (Å²) in [5.41, 5.74) is 1.46. The third-order valence-corrected chi connectivity index (χ3v) is 2.51. The number of carbonyl (C=O) groups is 1. The second-order valence-electron chi connectivity index (χ2n) is 3.66. The largest absolute Gasteiger partial charge is 0.469 e. The molecule has 0 heterocycles. The predicted molar refractivity (Wildman–Crippen MR) is 63.6 cm³/mol. The van der Waals surface area contributed by atoms with Crippen LogP contribution in [0.4, 0.5) is 5.69 Å².